The average Bonchev–Trinajstić information content (AvgIpc) is 2.51. The molecule has 142 valence electrons. The van der Waals surface area contributed by atoms with Gasteiger partial charge in [0.05, 0.1) is 23.5 Å². The number of amides is 2. The summed E-state index contributed by atoms with van der Waals surface area (Å²) in [7, 11) is 0. The quantitative estimate of drug-likeness (QED) is 0.761. The first-order valence-electron chi connectivity index (χ1n) is 8.22. The van der Waals surface area contributed by atoms with Crippen molar-refractivity contribution >= 4 is 23.4 Å². The van der Waals surface area contributed by atoms with Crippen molar-refractivity contribution in [3.63, 3.8) is 0 Å². The van der Waals surface area contributed by atoms with E-state index in [0.29, 0.717) is 18.8 Å². The Morgan fingerprint density at radius 1 is 1.23 bits per heavy atom. The number of halogens is 3. The number of piperazine rings is 1. The van der Waals surface area contributed by atoms with Crippen LogP contribution in [0.15, 0.2) is 18.2 Å². The van der Waals surface area contributed by atoms with Crippen molar-refractivity contribution in [2.45, 2.75) is 38.6 Å². The molecule has 0 radical (unpaired) electrons. The van der Waals surface area contributed by atoms with Gasteiger partial charge in [0.25, 0.3) is 0 Å². The molecule has 1 fully saturated rings. The van der Waals surface area contributed by atoms with Crippen molar-refractivity contribution in [1.82, 2.24) is 4.90 Å². The van der Waals surface area contributed by atoms with Gasteiger partial charge in [0.2, 0.25) is 5.91 Å². The molecule has 6 nitrogen and oxygen atoms in total. The van der Waals surface area contributed by atoms with Crippen LogP contribution < -0.4 is 10.2 Å². The molecule has 0 aliphatic carbocycles. The highest BCUT2D eigenvalue weighted by Gasteiger charge is 2.41. The second-order valence-corrected chi connectivity index (χ2v) is 7.35. The van der Waals surface area contributed by atoms with E-state index < -0.39 is 35.4 Å². The Hall–Kier alpha value is -2.45. The maximum atomic E-state index is 12.9. The molecular formula is C17H20F3N3O3. The number of hydrogen-bond donors (Lipinski definition) is 1. The molecule has 1 saturated heterocycles. The smallest absolute Gasteiger partial charge is 0.416 e. The van der Waals surface area contributed by atoms with Crippen molar-refractivity contribution in [2.24, 2.45) is 0 Å². The summed E-state index contributed by atoms with van der Waals surface area (Å²) in [6.07, 6.45) is -4.99. The molecule has 0 aromatic heterocycles. The lowest BCUT2D eigenvalue weighted by atomic mass is 10.0. The molecule has 0 unspecified atom stereocenters. The summed E-state index contributed by atoms with van der Waals surface area (Å²) in [5, 5.41) is 2.52. The van der Waals surface area contributed by atoms with E-state index in [4.69, 9.17) is 4.74 Å². The van der Waals surface area contributed by atoms with E-state index in [2.05, 4.69) is 5.32 Å². The minimum atomic E-state index is -4.48. The van der Waals surface area contributed by atoms with Crippen molar-refractivity contribution in [3.05, 3.63) is 23.8 Å². The van der Waals surface area contributed by atoms with Crippen molar-refractivity contribution in [3.8, 4) is 0 Å². The maximum Gasteiger partial charge on any atom is 0.416 e. The summed E-state index contributed by atoms with van der Waals surface area (Å²) >= 11 is 0. The predicted octanol–water partition coefficient (Wildman–Crippen LogP) is 3.08. The fourth-order valence-electron chi connectivity index (χ4n) is 3.07. The van der Waals surface area contributed by atoms with Gasteiger partial charge in [0, 0.05) is 13.1 Å². The predicted molar refractivity (Wildman–Crippen MR) is 89.0 cm³/mol. The van der Waals surface area contributed by atoms with Crippen LogP contribution in [0.5, 0.6) is 0 Å². The largest absolute Gasteiger partial charge is 0.444 e. The van der Waals surface area contributed by atoms with Crippen LogP contribution in [-0.4, -0.2) is 48.2 Å². The SMILES string of the molecule is CC(C)(C)OC(=O)N1CCN2c3ccc(C(F)(F)F)cc3NC(=O)[C@@H]2C1. The Morgan fingerprint density at radius 3 is 2.54 bits per heavy atom. The first-order chi connectivity index (χ1) is 12.0. The van der Waals surface area contributed by atoms with Crippen LogP contribution in [0.3, 0.4) is 0 Å². The molecule has 0 spiro atoms. The third-order valence-corrected chi connectivity index (χ3v) is 4.23. The Morgan fingerprint density at radius 2 is 1.92 bits per heavy atom. The third kappa shape index (κ3) is 3.56. The van der Waals surface area contributed by atoms with Crippen LogP contribution in [0.2, 0.25) is 0 Å². The molecule has 0 saturated carbocycles. The lowest BCUT2D eigenvalue weighted by Crippen LogP contribution is -2.61. The van der Waals surface area contributed by atoms with E-state index in [1.54, 1.807) is 25.7 Å². The second-order valence-electron chi connectivity index (χ2n) is 7.35. The number of fused-ring (bicyclic) bond motifs is 3. The zero-order valence-corrected chi connectivity index (χ0v) is 14.7. The van der Waals surface area contributed by atoms with Crippen LogP contribution in [0.4, 0.5) is 29.3 Å². The van der Waals surface area contributed by atoms with Crippen LogP contribution >= 0.6 is 0 Å². The molecule has 3 rings (SSSR count). The topological polar surface area (TPSA) is 61.9 Å². The lowest BCUT2D eigenvalue weighted by molar-refractivity contribution is -0.137. The average molecular weight is 371 g/mol. The third-order valence-electron chi connectivity index (χ3n) is 4.23. The van der Waals surface area contributed by atoms with Gasteiger partial charge in [0.1, 0.15) is 11.6 Å². The Balaban J connectivity index is 1.81. The standard InChI is InChI=1S/C17H20F3N3O3/c1-16(2,3)26-15(25)22-6-7-23-12-5-4-10(17(18,19)20)8-11(12)21-14(24)13(23)9-22/h4-5,8,13H,6-7,9H2,1-3H3,(H,21,24)/t13-/m0/s1. The number of ether oxygens (including phenoxy) is 1. The number of carbonyl (C=O) groups excluding carboxylic acids is 2. The Labute approximate surface area is 148 Å². The van der Waals surface area contributed by atoms with Crippen molar-refractivity contribution in [2.75, 3.05) is 29.9 Å². The Bertz CT molecular complexity index is 743. The van der Waals surface area contributed by atoms with Crippen LogP contribution in [0.25, 0.3) is 0 Å². The van der Waals surface area contributed by atoms with Gasteiger partial charge in [-0.25, -0.2) is 4.79 Å². The van der Waals surface area contributed by atoms with Gasteiger partial charge in [-0.1, -0.05) is 0 Å². The molecule has 1 N–H and O–H groups in total. The van der Waals surface area contributed by atoms with E-state index in [1.807, 2.05) is 0 Å². The van der Waals surface area contributed by atoms with Gasteiger partial charge in [0.15, 0.2) is 0 Å². The van der Waals surface area contributed by atoms with Crippen LogP contribution in [-0.2, 0) is 15.7 Å². The molecule has 1 aromatic rings. The highest BCUT2D eigenvalue weighted by Crippen LogP contribution is 2.39. The first-order valence-corrected chi connectivity index (χ1v) is 8.22. The maximum absolute atomic E-state index is 12.9. The molecule has 9 heteroatoms. The molecular weight excluding hydrogens is 351 g/mol. The summed E-state index contributed by atoms with van der Waals surface area (Å²) in [5.41, 5.74) is -0.815. The van der Waals surface area contributed by atoms with Gasteiger partial charge in [-0.05, 0) is 39.0 Å². The van der Waals surface area contributed by atoms with E-state index in [-0.39, 0.29) is 12.2 Å². The first kappa shape index (κ1) is 18.3. The summed E-state index contributed by atoms with van der Waals surface area (Å²) in [4.78, 5) is 27.8. The molecule has 2 heterocycles. The summed E-state index contributed by atoms with van der Waals surface area (Å²) in [6.45, 7) is 6.02. The number of hydrogen-bond acceptors (Lipinski definition) is 4. The van der Waals surface area contributed by atoms with Gasteiger partial charge in [-0.15, -0.1) is 0 Å². The Kier molecular flexibility index (Phi) is 4.28. The normalized spacial score (nSPS) is 20.2. The fraction of sp³-hybridized carbons (Fsp3) is 0.529. The summed E-state index contributed by atoms with van der Waals surface area (Å²) < 4.78 is 44.0. The molecule has 1 atom stereocenters. The molecule has 26 heavy (non-hydrogen) atoms. The zero-order chi connectivity index (χ0) is 19.3. The van der Waals surface area contributed by atoms with E-state index in [0.717, 1.165) is 12.1 Å². The van der Waals surface area contributed by atoms with Gasteiger partial charge < -0.3 is 19.9 Å². The summed E-state index contributed by atoms with van der Waals surface area (Å²) in [6, 6.07) is 2.62. The van der Waals surface area contributed by atoms with E-state index in [9.17, 15) is 22.8 Å². The van der Waals surface area contributed by atoms with Crippen molar-refractivity contribution in [1.29, 1.82) is 0 Å². The number of anilines is 2. The van der Waals surface area contributed by atoms with Crippen LogP contribution in [0, 0.1) is 0 Å². The van der Waals surface area contributed by atoms with E-state index >= 15 is 0 Å². The molecule has 2 aliphatic heterocycles. The van der Waals surface area contributed by atoms with Crippen molar-refractivity contribution < 1.29 is 27.5 Å². The van der Waals surface area contributed by atoms with Crippen LogP contribution in [0.1, 0.15) is 26.3 Å². The number of nitrogens with one attached hydrogen (secondary N) is 1. The minimum absolute atomic E-state index is 0.112. The molecule has 2 amide bonds. The molecule has 0 bridgehead atoms. The monoisotopic (exact) mass is 371 g/mol. The number of rotatable bonds is 0. The lowest BCUT2D eigenvalue weighted by Gasteiger charge is -2.45. The number of benzene rings is 1. The molecule has 2 aliphatic rings. The number of alkyl halides is 3. The minimum Gasteiger partial charge on any atom is -0.444 e. The number of carbonyl (C=O) groups is 2. The summed E-state index contributed by atoms with van der Waals surface area (Å²) in [5.74, 6) is -0.440. The van der Waals surface area contributed by atoms with E-state index in [1.165, 1.54) is 11.0 Å². The van der Waals surface area contributed by atoms with Gasteiger partial charge >= 0.3 is 12.3 Å². The van der Waals surface area contributed by atoms with Gasteiger partial charge in [-0.3, -0.25) is 4.79 Å². The highest BCUT2D eigenvalue weighted by molar-refractivity contribution is 6.04. The zero-order valence-electron chi connectivity index (χ0n) is 14.7. The van der Waals surface area contributed by atoms with Gasteiger partial charge in [-0.2, -0.15) is 13.2 Å². The number of nitrogens with zero attached hydrogens (tertiary/aromatic N) is 2. The molecule has 1 aromatic carbocycles. The highest BCUT2D eigenvalue weighted by atomic mass is 19.4. The fourth-order valence-corrected chi connectivity index (χ4v) is 3.07. The second kappa shape index (κ2) is 6.07.